The van der Waals surface area contributed by atoms with Crippen LogP contribution in [0.25, 0.3) is 10.9 Å². The van der Waals surface area contributed by atoms with Gasteiger partial charge in [-0.25, -0.2) is 4.98 Å². The van der Waals surface area contributed by atoms with E-state index in [0.717, 1.165) is 10.9 Å². The highest BCUT2D eigenvalue weighted by atomic mass is 16.1. The summed E-state index contributed by atoms with van der Waals surface area (Å²) in [6, 6.07) is 10.9. The van der Waals surface area contributed by atoms with Crippen molar-refractivity contribution in [1.82, 2.24) is 9.97 Å². The SMILES string of the molecule is Cc1ccncc1NC(=O)c1cc(N)c2ccccc2n1. The molecule has 0 aliphatic carbocycles. The Labute approximate surface area is 121 Å². The fraction of sp³-hybridized carbons (Fsp3) is 0.0625. The van der Waals surface area contributed by atoms with Gasteiger partial charge < -0.3 is 11.1 Å². The molecule has 5 heteroatoms. The van der Waals surface area contributed by atoms with Gasteiger partial charge in [-0.1, -0.05) is 18.2 Å². The molecule has 0 unspecified atom stereocenters. The summed E-state index contributed by atoms with van der Waals surface area (Å²) in [6.45, 7) is 1.90. The number of hydrogen-bond acceptors (Lipinski definition) is 4. The summed E-state index contributed by atoms with van der Waals surface area (Å²) < 4.78 is 0. The quantitative estimate of drug-likeness (QED) is 0.755. The zero-order chi connectivity index (χ0) is 14.8. The molecule has 0 saturated carbocycles. The molecule has 1 amide bonds. The van der Waals surface area contributed by atoms with Crippen molar-refractivity contribution in [3.05, 3.63) is 60.0 Å². The zero-order valence-corrected chi connectivity index (χ0v) is 11.5. The lowest BCUT2D eigenvalue weighted by molar-refractivity contribution is 0.102. The highest BCUT2D eigenvalue weighted by Gasteiger charge is 2.12. The van der Waals surface area contributed by atoms with E-state index in [2.05, 4.69) is 15.3 Å². The Balaban J connectivity index is 1.97. The number of anilines is 2. The molecule has 2 aromatic heterocycles. The Morgan fingerprint density at radius 1 is 1.24 bits per heavy atom. The van der Waals surface area contributed by atoms with E-state index in [4.69, 9.17) is 5.73 Å². The molecule has 0 saturated heterocycles. The number of aromatic nitrogens is 2. The first kappa shape index (κ1) is 13.1. The lowest BCUT2D eigenvalue weighted by atomic mass is 10.1. The number of amides is 1. The number of nitrogens with zero attached hydrogens (tertiary/aromatic N) is 2. The monoisotopic (exact) mass is 278 g/mol. The molecule has 5 nitrogen and oxygen atoms in total. The number of aryl methyl sites for hydroxylation is 1. The highest BCUT2D eigenvalue weighted by molar-refractivity contribution is 6.06. The van der Waals surface area contributed by atoms with Crippen LogP contribution in [0.2, 0.25) is 0 Å². The van der Waals surface area contributed by atoms with Crippen LogP contribution >= 0.6 is 0 Å². The molecule has 21 heavy (non-hydrogen) atoms. The van der Waals surface area contributed by atoms with Crippen LogP contribution in [0, 0.1) is 6.92 Å². The van der Waals surface area contributed by atoms with Crippen molar-refractivity contribution < 1.29 is 4.79 Å². The molecule has 0 radical (unpaired) electrons. The van der Waals surface area contributed by atoms with E-state index in [9.17, 15) is 4.79 Å². The minimum atomic E-state index is -0.302. The average molecular weight is 278 g/mol. The molecule has 0 fully saturated rings. The van der Waals surface area contributed by atoms with E-state index in [1.54, 1.807) is 18.5 Å². The summed E-state index contributed by atoms with van der Waals surface area (Å²) in [5, 5.41) is 3.64. The second-order valence-electron chi connectivity index (χ2n) is 4.76. The van der Waals surface area contributed by atoms with Gasteiger partial charge in [-0.05, 0) is 30.7 Å². The fourth-order valence-corrected chi connectivity index (χ4v) is 2.10. The van der Waals surface area contributed by atoms with Crippen LogP contribution in [-0.4, -0.2) is 15.9 Å². The van der Waals surface area contributed by atoms with Crippen molar-refractivity contribution in [1.29, 1.82) is 0 Å². The first-order chi connectivity index (χ1) is 10.1. The molecular formula is C16H14N4O. The van der Waals surface area contributed by atoms with Crippen LogP contribution < -0.4 is 11.1 Å². The Bertz CT molecular complexity index is 829. The van der Waals surface area contributed by atoms with Gasteiger partial charge in [0.2, 0.25) is 0 Å². The number of rotatable bonds is 2. The molecule has 0 bridgehead atoms. The van der Waals surface area contributed by atoms with Crippen molar-refractivity contribution in [2.75, 3.05) is 11.1 Å². The minimum Gasteiger partial charge on any atom is -0.398 e. The van der Waals surface area contributed by atoms with Crippen molar-refractivity contribution in [2.45, 2.75) is 6.92 Å². The molecule has 3 N–H and O–H groups in total. The van der Waals surface area contributed by atoms with E-state index in [1.165, 1.54) is 0 Å². The van der Waals surface area contributed by atoms with E-state index < -0.39 is 0 Å². The third-order valence-electron chi connectivity index (χ3n) is 3.27. The molecule has 3 rings (SSSR count). The lowest BCUT2D eigenvalue weighted by Gasteiger charge is -2.09. The summed E-state index contributed by atoms with van der Waals surface area (Å²) in [6.07, 6.45) is 3.29. The minimum absolute atomic E-state index is 0.287. The topological polar surface area (TPSA) is 80.9 Å². The summed E-state index contributed by atoms with van der Waals surface area (Å²) in [7, 11) is 0. The van der Waals surface area contributed by atoms with E-state index >= 15 is 0 Å². The molecular weight excluding hydrogens is 264 g/mol. The van der Waals surface area contributed by atoms with E-state index in [1.807, 2.05) is 37.3 Å². The van der Waals surface area contributed by atoms with Crippen molar-refractivity contribution in [3.63, 3.8) is 0 Å². The first-order valence-electron chi connectivity index (χ1n) is 6.52. The van der Waals surface area contributed by atoms with Crippen molar-refractivity contribution in [2.24, 2.45) is 0 Å². The van der Waals surface area contributed by atoms with Crippen LogP contribution in [0.4, 0.5) is 11.4 Å². The van der Waals surface area contributed by atoms with Crippen LogP contribution in [0.15, 0.2) is 48.8 Å². The van der Waals surface area contributed by atoms with Gasteiger partial charge >= 0.3 is 0 Å². The normalized spacial score (nSPS) is 10.5. The number of nitrogens with two attached hydrogens (primary N) is 1. The third-order valence-corrected chi connectivity index (χ3v) is 3.27. The number of nitrogens with one attached hydrogen (secondary N) is 1. The van der Waals surface area contributed by atoms with Crippen molar-refractivity contribution in [3.8, 4) is 0 Å². The first-order valence-corrected chi connectivity index (χ1v) is 6.52. The molecule has 0 aliphatic heterocycles. The number of hydrogen-bond donors (Lipinski definition) is 2. The number of benzene rings is 1. The largest absolute Gasteiger partial charge is 0.398 e. The molecule has 2 heterocycles. The second kappa shape index (κ2) is 5.20. The standard InChI is InChI=1S/C16H14N4O/c1-10-6-7-18-9-15(10)20-16(21)14-8-12(17)11-4-2-3-5-13(11)19-14/h2-9H,1H3,(H2,17,19)(H,20,21). The Hall–Kier alpha value is -2.95. The van der Waals surface area contributed by atoms with Crippen LogP contribution in [0.3, 0.4) is 0 Å². The maximum atomic E-state index is 12.3. The molecule has 0 aliphatic rings. The van der Waals surface area contributed by atoms with Gasteiger partial charge in [-0.15, -0.1) is 0 Å². The summed E-state index contributed by atoms with van der Waals surface area (Å²) in [4.78, 5) is 20.7. The van der Waals surface area contributed by atoms with Gasteiger partial charge in [0.05, 0.1) is 17.4 Å². The molecule has 104 valence electrons. The maximum Gasteiger partial charge on any atom is 0.274 e. The molecule has 0 spiro atoms. The van der Waals surface area contributed by atoms with E-state index in [-0.39, 0.29) is 11.6 Å². The lowest BCUT2D eigenvalue weighted by Crippen LogP contribution is -2.15. The predicted octanol–water partition coefficient (Wildman–Crippen LogP) is 2.77. The maximum absolute atomic E-state index is 12.3. The fourth-order valence-electron chi connectivity index (χ4n) is 2.10. The number of carbonyl (C=O) groups excluding carboxylic acids is 1. The van der Waals surface area contributed by atoms with Gasteiger partial charge in [0.25, 0.3) is 5.91 Å². The number of fused-ring (bicyclic) bond motifs is 1. The summed E-state index contributed by atoms with van der Waals surface area (Å²) in [5.41, 5.74) is 9.11. The Morgan fingerprint density at radius 3 is 2.86 bits per heavy atom. The van der Waals surface area contributed by atoms with Crippen LogP contribution in [0.1, 0.15) is 16.1 Å². The number of para-hydroxylation sites is 1. The van der Waals surface area contributed by atoms with Gasteiger partial charge in [0.15, 0.2) is 0 Å². The second-order valence-corrected chi connectivity index (χ2v) is 4.76. The van der Waals surface area contributed by atoms with Crippen LogP contribution in [0.5, 0.6) is 0 Å². The third kappa shape index (κ3) is 2.53. The predicted molar refractivity (Wildman–Crippen MR) is 83.1 cm³/mol. The zero-order valence-electron chi connectivity index (χ0n) is 11.5. The average Bonchev–Trinajstić information content (AvgIpc) is 2.49. The number of nitrogen functional groups attached to an aromatic ring is 1. The molecule has 0 atom stereocenters. The summed E-state index contributed by atoms with van der Waals surface area (Å²) in [5.74, 6) is -0.302. The highest BCUT2D eigenvalue weighted by Crippen LogP contribution is 2.21. The van der Waals surface area contributed by atoms with Gasteiger partial charge in [-0.3, -0.25) is 9.78 Å². The summed E-state index contributed by atoms with van der Waals surface area (Å²) >= 11 is 0. The van der Waals surface area contributed by atoms with E-state index in [0.29, 0.717) is 16.9 Å². The van der Waals surface area contributed by atoms with Crippen LogP contribution in [-0.2, 0) is 0 Å². The number of pyridine rings is 2. The Morgan fingerprint density at radius 2 is 2.05 bits per heavy atom. The van der Waals surface area contributed by atoms with Gasteiger partial charge in [-0.2, -0.15) is 0 Å². The molecule has 3 aromatic rings. The smallest absolute Gasteiger partial charge is 0.274 e. The van der Waals surface area contributed by atoms with Gasteiger partial charge in [0.1, 0.15) is 5.69 Å². The molecule has 1 aromatic carbocycles. The van der Waals surface area contributed by atoms with Gasteiger partial charge in [0, 0.05) is 17.3 Å². The van der Waals surface area contributed by atoms with Crippen molar-refractivity contribution >= 4 is 28.2 Å². The number of carbonyl (C=O) groups is 1. The Kier molecular flexibility index (Phi) is 3.23.